The zero-order valence-corrected chi connectivity index (χ0v) is 9.56. The number of hydrogen-bond acceptors (Lipinski definition) is 2. The molecule has 1 aromatic rings. The Morgan fingerprint density at radius 3 is 2.86 bits per heavy atom. The van der Waals surface area contributed by atoms with Crippen molar-refractivity contribution in [3.63, 3.8) is 0 Å². The Hall–Kier alpha value is -0.630. The summed E-state index contributed by atoms with van der Waals surface area (Å²) >= 11 is 1.70. The number of ketones is 1. The number of aryl methyl sites for hydroxylation is 1. The van der Waals surface area contributed by atoms with E-state index >= 15 is 0 Å². The van der Waals surface area contributed by atoms with Gasteiger partial charge in [-0.3, -0.25) is 4.79 Å². The molecule has 2 rings (SSSR count). The highest BCUT2D eigenvalue weighted by Gasteiger charge is 2.49. The molecule has 1 aliphatic rings. The van der Waals surface area contributed by atoms with Gasteiger partial charge in [0.25, 0.3) is 0 Å². The Kier molecular flexibility index (Phi) is 2.48. The fourth-order valence-corrected chi connectivity index (χ4v) is 2.60. The highest BCUT2D eigenvalue weighted by molar-refractivity contribution is 7.07. The summed E-state index contributed by atoms with van der Waals surface area (Å²) in [7, 11) is 0. The Morgan fingerprint density at radius 2 is 2.36 bits per heavy atom. The predicted molar refractivity (Wildman–Crippen MR) is 59.5 cm³/mol. The average molecular weight is 208 g/mol. The Morgan fingerprint density at radius 1 is 1.64 bits per heavy atom. The van der Waals surface area contributed by atoms with Gasteiger partial charge in [0.15, 0.2) is 0 Å². The number of hydrogen-bond donors (Lipinski definition) is 0. The lowest BCUT2D eigenvalue weighted by atomic mass is 10.0. The maximum atomic E-state index is 11.7. The second-order valence-electron chi connectivity index (χ2n) is 4.84. The third kappa shape index (κ3) is 2.06. The molecular formula is C12H16OS. The molecule has 1 nitrogen and oxygen atoms in total. The van der Waals surface area contributed by atoms with E-state index in [0.29, 0.717) is 17.1 Å². The Balaban J connectivity index is 1.80. The average Bonchev–Trinajstić information content (AvgIpc) is 2.61. The molecule has 0 radical (unpaired) electrons. The largest absolute Gasteiger partial charge is 0.299 e. The van der Waals surface area contributed by atoms with Gasteiger partial charge in [0, 0.05) is 12.3 Å². The highest BCUT2D eigenvalue weighted by atomic mass is 32.1. The molecule has 1 saturated carbocycles. The van der Waals surface area contributed by atoms with Crippen LogP contribution in [0.1, 0.15) is 32.3 Å². The molecule has 1 unspecified atom stereocenters. The SMILES string of the molecule is CC1(C)CC1C(=O)CCc1ccsc1. The first-order chi connectivity index (χ1) is 6.59. The maximum absolute atomic E-state index is 11.7. The zero-order chi connectivity index (χ0) is 10.2. The molecule has 0 N–H and O–H groups in total. The van der Waals surface area contributed by atoms with Gasteiger partial charge < -0.3 is 0 Å². The quantitative estimate of drug-likeness (QED) is 0.742. The Bertz CT molecular complexity index is 324. The third-order valence-electron chi connectivity index (χ3n) is 3.14. The fraction of sp³-hybridized carbons (Fsp3) is 0.583. The van der Waals surface area contributed by atoms with Crippen LogP contribution in [-0.4, -0.2) is 5.78 Å². The van der Waals surface area contributed by atoms with E-state index in [0.717, 1.165) is 19.3 Å². The standard InChI is InChI=1S/C12H16OS/c1-12(2)7-10(12)11(13)4-3-9-5-6-14-8-9/h5-6,8,10H,3-4,7H2,1-2H3. The minimum atomic E-state index is 0.297. The predicted octanol–water partition coefficient (Wildman–Crippen LogP) is 3.30. The molecule has 0 aromatic carbocycles. The van der Waals surface area contributed by atoms with E-state index in [1.54, 1.807) is 11.3 Å². The lowest BCUT2D eigenvalue weighted by molar-refractivity contribution is -0.120. The lowest BCUT2D eigenvalue weighted by Gasteiger charge is -2.01. The monoisotopic (exact) mass is 208 g/mol. The molecule has 14 heavy (non-hydrogen) atoms. The minimum absolute atomic E-state index is 0.297. The molecule has 1 atom stereocenters. The molecule has 0 bridgehead atoms. The van der Waals surface area contributed by atoms with E-state index < -0.39 is 0 Å². The summed E-state index contributed by atoms with van der Waals surface area (Å²) in [5.74, 6) is 0.808. The zero-order valence-electron chi connectivity index (χ0n) is 8.75. The first kappa shape index (κ1) is 9.91. The van der Waals surface area contributed by atoms with Crippen LogP contribution in [-0.2, 0) is 11.2 Å². The van der Waals surface area contributed by atoms with Crippen molar-refractivity contribution in [1.82, 2.24) is 0 Å². The van der Waals surface area contributed by atoms with E-state index in [1.807, 2.05) is 0 Å². The van der Waals surface area contributed by atoms with Crippen LogP contribution in [0.5, 0.6) is 0 Å². The molecule has 1 heterocycles. The van der Waals surface area contributed by atoms with Gasteiger partial charge in [-0.2, -0.15) is 11.3 Å². The second kappa shape index (κ2) is 3.50. The molecule has 76 valence electrons. The lowest BCUT2D eigenvalue weighted by Crippen LogP contribution is -2.06. The van der Waals surface area contributed by atoms with Crippen LogP contribution in [0.25, 0.3) is 0 Å². The summed E-state index contributed by atoms with van der Waals surface area (Å²) in [6.45, 7) is 4.36. The highest BCUT2D eigenvalue weighted by Crippen LogP contribution is 2.52. The molecule has 2 heteroatoms. The van der Waals surface area contributed by atoms with Gasteiger partial charge in [0.2, 0.25) is 0 Å². The number of rotatable bonds is 4. The number of carbonyl (C=O) groups excluding carboxylic acids is 1. The number of thiophene rings is 1. The normalized spacial score (nSPS) is 23.4. The van der Waals surface area contributed by atoms with Crippen LogP contribution in [0, 0.1) is 11.3 Å². The molecule has 1 aliphatic carbocycles. The summed E-state index contributed by atoms with van der Waals surface area (Å²) in [6.07, 6.45) is 2.75. The van der Waals surface area contributed by atoms with E-state index in [9.17, 15) is 4.79 Å². The van der Waals surface area contributed by atoms with Crippen molar-refractivity contribution < 1.29 is 4.79 Å². The minimum Gasteiger partial charge on any atom is -0.299 e. The molecule has 0 spiro atoms. The third-order valence-corrected chi connectivity index (χ3v) is 3.87. The summed E-state index contributed by atoms with van der Waals surface area (Å²) < 4.78 is 0. The Labute approximate surface area is 89.1 Å². The summed E-state index contributed by atoms with van der Waals surface area (Å²) in [4.78, 5) is 11.7. The van der Waals surface area contributed by atoms with Gasteiger partial charge in [0.05, 0.1) is 0 Å². The van der Waals surface area contributed by atoms with Crippen molar-refractivity contribution >= 4 is 17.1 Å². The summed E-state index contributed by atoms with van der Waals surface area (Å²) in [5, 5.41) is 4.20. The fourth-order valence-electron chi connectivity index (χ4n) is 1.89. The summed E-state index contributed by atoms with van der Waals surface area (Å²) in [6, 6.07) is 2.11. The molecule has 0 amide bonds. The van der Waals surface area contributed by atoms with E-state index in [2.05, 4.69) is 30.7 Å². The van der Waals surface area contributed by atoms with Gasteiger partial charge in [0.1, 0.15) is 5.78 Å². The molecular weight excluding hydrogens is 192 g/mol. The van der Waals surface area contributed by atoms with Gasteiger partial charge >= 0.3 is 0 Å². The van der Waals surface area contributed by atoms with Crippen molar-refractivity contribution in [1.29, 1.82) is 0 Å². The summed E-state index contributed by atoms with van der Waals surface area (Å²) in [5.41, 5.74) is 1.60. The van der Waals surface area contributed by atoms with Gasteiger partial charge in [-0.25, -0.2) is 0 Å². The molecule has 1 aromatic heterocycles. The molecule has 0 aliphatic heterocycles. The van der Waals surface area contributed by atoms with Crippen LogP contribution >= 0.6 is 11.3 Å². The van der Waals surface area contributed by atoms with Crippen molar-refractivity contribution in [2.45, 2.75) is 33.1 Å². The second-order valence-corrected chi connectivity index (χ2v) is 5.62. The van der Waals surface area contributed by atoms with Crippen LogP contribution < -0.4 is 0 Å². The maximum Gasteiger partial charge on any atom is 0.136 e. The molecule has 0 saturated heterocycles. The first-order valence-electron chi connectivity index (χ1n) is 5.13. The van der Waals surface area contributed by atoms with Crippen molar-refractivity contribution in [3.8, 4) is 0 Å². The van der Waals surface area contributed by atoms with Crippen LogP contribution in [0.15, 0.2) is 16.8 Å². The van der Waals surface area contributed by atoms with Crippen LogP contribution in [0.3, 0.4) is 0 Å². The van der Waals surface area contributed by atoms with E-state index in [4.69, 9.17) is 0 Å². The smallest absolute Gasteiger partial charge is 0.136 e. The van der Waals surface area contributed by atoms with Crippen LogP contribution in [0.4, 0.5) is 0 Å². The van der Waals surface area contributed by atoms with Gasteiger partial charge in [-0.05, 0) is 40.6 Å². The molecule has 1 fully saturated rings. The van der Waals surface area contributed by atoms with Gasteiger partial charge in [-0.15, -0.1) is 0 Å². The van der Waals surface area contributed by atoms with E-state index in [-0.39, 0.29) is 0 Å². The number of carbonyl (C=O) groups is 1. The van der Waals surface area contributed by atoms with Crippen molar-refractivity contribution in [2.75, 3.05) is 0 Å². The first-order valence-corrected chi connectivity index (χ1v) is 6.08. The van der Waals surface area contributed by atoms with Crippen molar-refractivity contribution in [2.24, 2.45) is 11.3 Å². The van der Waals surface area contributed by atoms with Crippen LogP contribution in [0.2, 0.25) is 0 Å². The van der Waals surface area contributed by atoms with E-state index in [1.165, 1.54) is 5.56 Å². The topological polar surface area (TPSA) is 17.1 Å². The van der Waals surface area contributed by atoms with Gasteiger partial charge in [-0.1, -0.05) is 13.8 Å². The number of Topliss-reactive ketones (excluding diaryl/α,β-unsaturated/α-hetero) is 1. The van der Waals surface area contributed by atoms with Crippen molar-refractivity contribution in [3.05, 3.63) is 22.4 Å².